The molecule has 0 aliphatic heterocycles. The molecule has 4 nitrogen and oxygen atoms in total. The Morgan fingerprint density at radius 2 is 2.00 bits per heavy atom. The Hall–Kier alpha value is -1.55. The summed E-state index contributed by atoms with van der Waals surface area (Å²) in [5, 5.41) is 3.28. The van der Waals surface area contributed by atoms with Crippen LogP contribution in [0.4, 0.5) is 0 Å². The maximum absolute atomic E-state index is 11.5. The number of esters is 1. The van der Waals surface area contributed by atoms with Gasteiger partial charge in [0, 0.05) is 13.1 Å². The van der Waals surface area contributed by atoms with Crippen LogP contribution in [0.5, 0.6) is 5.75 Å². The SMILES string of the molecule is COC(=O)C(C)(C)CNCc1ccc(OC)c(C)c1. The van der Waals surface area contributed by atoms with Crippen molar-refractivity contribution in [3.8, 4) is 5.75 Å². The molecule has 0 heterocycles. The van der Waals surface area contributed by atoms with Gasteiger partial charge in [-0.3, -0.25) is 4.79 Å². The average molecular weight is 265 g/mol. The van der Waals surface area contributed by atoms with E-state index in [1.807, 2.05) is 32.9 Å². The van der Waals surface area contributed by atoms with E-state index in [0.717, 1.165) is 11.3 Å². The first-order valence-electron chi connectivity index (χ1n) is 6.33. The zero-order valence-electron chi connectivity index (χ0n) is 12.4. The Morgan fingerprint density at radius 1 is 1.32 bits per heavy atom. The lowest BCUT2D eigenvalue weighted by Crippen LogP contribution is -2.36. The molecule has 1 N–H and O–H groups in total. The number of hydrogen-bond donors (Lipinski definition) is 1. The van der Waals surface area contributed by atoms with E-state index in [4.69, 9.17) is 9.47 Å². The fraction of sp³-hybridized carbons (Fsp3) is 0.533. The molecule has 0 atom stereocenters. The molecule has 106 valence electrons. The van der Waals surface area contributed by atoms with E-state index in [1.165, 1.54) is 12.7 Å². The highest BCUT2D eigenvalue weighted by atomic mass is 16.5. The molecule has 0 radical (unpaired) electrons. The molecule has 19 heavy (non-hydrogen) atoms. The van der Waals surface area contributed by atoms with Crippen molar-refractivity contribution in [1.82, 2.24) is 5.32 Å². The summed E-state index contributed by atoms with van der Waals surface area (Å²) in [4.78, 5) is 11.5. The Balaban J connectivity index is 2.54. The van der Waals surface area contributed by atoms with E-state index in [-0.39, 0.29) is 5.97 Å². The Kier molecular flexibility index (Phi) is 5.36. The summed E-state index contributed by atoms with van der Waals surface area (Å²) in [5.41, 5.74) is 1.75. The molecular formula is C15H23NO3. The summed E-state index contributed by atoms with van der Waals surface area (Å²) in [6.07, 6.45) is 0. The molecule has 0 bridgehead atoms. The quantitative estimate of drug-likeness (QED) is 0.802. The number of carbonyl (C=O) groups excluding carboxylic acids is 1. The Bertz CT molecular complexity index is 441. The molecule has 0 unspecified atom stereocenters. The monoisotopic (exact) mass is 265 g/mol. The minimum Gasteiger partial charge on any atom is -0.496 e. The fourth-order valence-corrected chi connectivity index (χ4v) is 1.92. The van der Waals surface area contributed by atoms with Gasteiger partial charge in [-0.2, -0.15) is 0 Å². The highest BCUT2D eigenvalue weighted by Gasteiger charge is 2.27. The van der Waals surface area contributed by atoms with Crippen molar-refractivity contribution in [2.75, 3.05) is 20.8 Å². The summed E-state index contributed by atoms with van der Waals surface area (Å²) in [5.74, 6) is 0.685. The third kappa shape index (κ3) is 4.24. The topological polar surface area (TPSA) is 47.6 Å². The average Bonchev–Trinajstić information content (AvgIpc) is 2.37. The third-order valence-electron chi connectivity index (χ3n) is 3.09. The van der Waals surface area contributed by atoms with Crippen LogP contribution in [0.3, 0.4) is 0 Å². The number of rotatable bonds is 6. The van der Waals surface area contributed by atoms with Crippen molar-refractivity contribution in [3.05, 3.63) is 29.3 Å². The van der Waals surface area contributed by atoms with Crippen LogP contribution in [0.15, 0.2) is 18.2 Å². The molecule has 0 aromatic heterocycles. The summed E-state index contributed by atoms with van der Waals surface area (Å²) < 4.78 is 9.99. The first-order chi connectivity index (χ1) is 8.90. The number of aryl methyl sites for hydroxylation is 1. The van der Waals surface area contributed by atoms with Crippen LogP contribution in [0.2, 0.25) is 0 Å². The van der Waals surface area contributed by atoms with Crippen molar-refractivity contribution < 1.29 is 14.3 Å². The van der Waals surface area contributed by atoms with Crippen LogP contribution in [0.1, 0.15) is 25.0 Å². The van der Waals surface area contributed by atoms with E-state index in [0.29, 0.717) is 13.1 Å². The summed E-state index contributed by atoms with van der Waals surface area (Å²) in [7, 11) is 3.08. The number of hydrogen-bond acceptors (Lipinski definition) is 4. The second-order valence-corrected chi connectivity index (χ2v) is 5.28. The lowest BCUT2D eigenvalue weighted by atomic mass is 9.93. The smallest absolute Gasteiger partial charge is 0.312 e. The molecule has 0 amide bonds. The highest BCUT2D eigenvalue weighted by Crippen LogP contribution is 2.19. The number of nitrogens with one attached hydrogen (secondary N) is 1. The van der Waals surface area contributed by atoms with Crippen LogP contribution >= 0.6 is 0 Å². The van der Waals surface area contributed by atoms with Crippen molar-refractivity contribution in [2.24, 2.45) is 5.41 Å². The normalized spacial score (nSPS) is 11.2. The van der Waals surface area contributed by atoms with Gasteiger partial charge >= 0.3 is 5.97 Å². The van der Waals surface area contributed by atoms with Crippen LogP contribution in [-0.2, 0) is 16.1 Å². The Morgan fingerprint density at radius 3 is 2.53 bits per heavy atom. The molecule has 0 saturated carbocycles. The minimum atomic E-state index is -0.518. The molecule has 0 aliphatic rings. The van der Waals surface area contributed by atoms with Crippen molar-refractivity contribution in [3.63, 3.8) is 0 Å². The van der Waals surface area contributed by atoms with Gasteiger partial charge in [0.15, 0.2) is 0 Å². The summed E-state index contributed by atoms with van der Waals surface area (Å²) in [6.45, 7) is 7.03. The lowest BCUT2D eigenvalue weighted by molar-refractivity contribution is -0.150. The highest BCUT2D eigenvalue weighted by molar-refractivity contribution is 5.76. The molecule has 1 aromatic rings. The molecule has 0 aliphatic carbocycles. The molecule has 0 saturated heterocycles. The van der Waals surface area contributed by atoms with Gasteiger partial charge in [-0.05, 0) is 38.0 Å². The van der Waals surface area contributed by atoms with E-state index < -0.39 is 5.41 Å². The predicted molar refractivity (Wildman–Crippen MR) is 75.2 cm³/mol. The largest absolute Gasteiger partial charge is 0.496 e. The van der Waals surface area contributed by atoms with Crippen molar-refractivity contribution >= 4 is 5.97 Å². The number of carbonyl (C=O) groups is 1. The first-order valence-corrected chi connectivity index (χ1v) is 6.33. The lowest BCUT2D eigenvalue weighted by Gasteiger charge is -2.21. The molecule has 0 fully saturated rings. The van der Waals surface area contributed by atoms with E-state index in [9.17, 15) is 4.79 Å². The van der Waals surface area contributed by atoms with Crippen LogP contribution in [-0.4, -0.2) is 26.7 Å². The maximum atomic E-state index is 11.5. The zero-order valence-corrected chi connectivity index (χ0v) is 12.4. The molecule has 0 spiro atoms. The van der Waals surface area contributed by atoms with Crippen LogP contribution in [0.25, 0.3) is 0 Å². The first kappa shape index (κ1) is 15.5. The van der Waals surface area contributed by atoms with E-state index in [2.05, 4.69) is 11.4 Å². The van der Waals surface area contributed by atoms with Crippen LogP contribution in [0, 0.1) is 12.3 Å². The molecule has 1 aromatic carbocycles. The van der Waals surface area contributed by atoms with Gasteiger partial charge in [-0.1, -0.05) is 12.1 Å². The van der Waals surface area contributed by atoms with Crippen molar-refractivity contribution in [2.45, 2.75) is 27.3 Å². The number of benzene rings is 1. The maximum Gasteiger partial charge on any atom is 0.312 e. The van der Waals surface area contributed by atoms with Gasteiger partial charge in [0.25, 0.3) is 0 Å². The molecule has 4 heteroatoms. The second-order valence-electron chi connectivity index (χ2n) is 5.28. The summed E-state index contributed by atoms with van der Waals surface area (Å²) in [6, 6.07) is 6.05. The molecule has 1 rings (SSSR count). The zero-order chi connectivity index (χ0) is 14.5. The van der Waals surface area contributed by atoms with Gasteiger partial charge in [-0.25, -0.2) is 0 Å². The van der Waals surface area contributed by atoms with E-state index in [1.54, 1.807) is 7.11 Å². The minimum absolute atomic E-state index is 0.203. The molecular weight excluding hydrogens is 242 g/mol. The van der Waals surface area contributed by atoms with Crippen LogP contribution < -0.4 is 10.1 Å². The van der Waals surface area contributed by atoms with Gasteiger partial charge in [0.2, 0.25) is 0 Å². The fourth-order valence-electron chi connectivity index (χ4n) is 1.92. The predicted octanol–water partition coefficient (Wildman–Crippen LogP) is 2.29. The van der Waals surface area contributed by atoms with Gasteiger partial charge < -0.3 is 14.8 Å². The van der Waals surface area contributed by atoms with Gasteiger partial charge in [0.05, 0.1) is 19.6 Å². The summed E-state index contributed by atoms with van der Waals surface area (Å²) >= 11 is 0. The van der Waals surface area contributed by atoms with E-state index >= 15 is 0 Å². The van der Waals surface area contributed by atoms with Gasteiger partial charge in [-0.15, -0.1) is 0 Å². The third-order valence-corrected chi connectivity index (χ3v) is 3.09. The van der Waals surface area contributed by atoms with Crippen molar-refractivity contribution in [1.29, 1.82) is 0 Å². The standard InChI is InChI=1S/C15H23NO3/c1-11-8-12(6-7-13(11)18-4)9-16-10-15(2,3)14(17)19-5/h6-8,16H,9-10H2,1-5H3. The Labute approximate surface area is 115 Å². The number of methoxy groups -OCH3 is 2. The van der Waals surface area contributed by atoms with Gasteiger partial charge in [0.1, 0.15) is 5.75 Å². The number of ether oxygens (including phenoxy) is 2. The second kappa shape index (κ2) is 6.57.